The molecular weight excluding hydrogens is 240 g/mol. The third-order valence-electron chi connectivity index (χ3n) is 3.89. The fourth-order valence-electron chi connectivity index (χ4n) is 2.67. The zero-order chi connectivity index (χ0) is 12.8. The first kappa shape index (κ1) is 14.0. The van der Waals surface area contributed by atoms with Crippen LogP contribution in [0.15, 0.2) is 17.5 Å². The SMILES string of the molecule is CC(C)N(CCCC1CCNC1)Cc1cccs1. The van der Waals surface area contributed by atoms with E-state index in [9.17, 15) is 0 Å². The zero-order valence-corrected chi connectivity index (χ0v) is 12.5. The Morgan fingerprint density at radius 1 is 1.50 bits per heavy atom. The maximum atomic E-state index is 3.46. The molecular formula is C15H26N2S. The molecule has 0 aromatic carbocycles. The molecule has 1 unspecified atom stereocenters. The second kappa shape index (κ2) is 7.27. The molecule has 2 heterocycles. The van der Waals surface area contributed by atoms with Crippen molar-refractivity contribution in [1.29, 1.82) is 0 Å². The van der Waals surface area contributed by atoms with E-state index in [0.29, 0.717) is 6.04 Å². The molecule has 0 aliphatic carbocycles. The lowest BCUT2D eigenvalue weighted by Crippen LogP contribution is -2.31. The van der Waals surface area contributed by atoms with Crippen molar-refractivity contribution in [2.75, 3.05) is 19.6 Å². The lowest BCUT2D eigenvalue weighted by atomic mass is 10.0. The summed E-state index contributed by atoms with van der Waals surface area (Å²) in [6.07, 6.45) is 4.11. The van der Waals surface area contributed by atoms with Crippen LogP contribution in [-0.2, 0) is 6.54 Å². The zero-order valence-electron chi connectivity index (χ0n) is 11.7. The van der Waals surface area contributed by atoms with Crippen LogP contribution in [0, 0.1) is 5.92 Å². The van der Waals surface area contributed by atoms with Gasteiger partial charge in [0, 0.05) is 17.5 Å². The van der Waals surface area contributed by atoms with Gasteiger partial charge in [0.25, 0.3) is 0 Å². The number of nitrogens with zero attached hydrogens (tertiary/aromatic N) is 1. The standard InChI is InChI=1S/C15H26N2S/c1-13(2)17(12-15-6-4-10-18-15)9-3-5-14-7-8-16-11-14/h4,6,10,13-14,16H,3,5,7-9,11-12H2,1-2H3. The van der Waals surface area contributed by atoms with Crippen LogP contribution in [0.4, 0.5) is 0 Å². The normalized spacial score (nSPS) is 20.1. The molecule has 18 heavy (non-hydrogen) atoms. The fraction of sp³-hybridized carbons (Fsp3) is 0.733. The van der Waals surface area contributed by atoms with Crippen molar-refractivity contribution in [1.82, 2.24) is 10.2 Å². The Bertz CT molecular complexity index is 315. The summed E-state index contributed by atoms with van der Waals surface area (Å²) < 4.78 is 0. The van der Waals surface area contributed by atoms with Crippen molar-refractivity contribution in [3.8, 4) is 0 Å². The smallest absolute Gasteiger partial charge is 0.0330 e. The molecule has 1 aromatic rings. The van der Waals surface area contributed by atoms with Gasteiger partial charge in [-0.1, -0.05) is 6.07 Å². The van der Waals surface area contributed by atoms with Crippen molar-refractivity contribution in [3.05, 3.63) is 22.4 Å². The first-order valence-electron chi connectivity index (χ1n) is 7.23. The molecule has 1 fully saturated rings. The van der Waals surface area contributed by atoms with E-state index in [4.69, 9.17) is 0 Å². The Hall–Kier alpha value is -0.380. The molecule has 2 nitrogen and oxygen atoms in total. The van der Waals surface area contributed by atoms with Crippen molar-refractivity contribution in [3.63, 3.8) is 0 Å². The average Bonchev–Trinajstić information content (AvgIpc) is 2.99. The third-order valence-corrected chi connectivity index (χ3v) is 4.75. The fourth-order valence-corrected chi connectivity index (χ4v) is 3.40. The van der Waals surface area contributed by atoms with Crippen LogP contribution < -0.4 is 5.32 Å². The largest absolute Gasteiger partial charge is 0.316 e. The summed E-state index contributed by atoms with van der Waals surface area (Å²) >= 11 is 1.88. The van der Waals surface area contributed by atoms with Gasteiger partial charge in [0.1, 0.15) is 0 Å². The van der Waals surface area contributed by atoms with Crippen LogP contribution in [0.25, 0.3) is 0 Å². The lowest BCUT2D eigenvalue weighted by Gasteiger charge is -2.26. The minimum Gasteiger partial charge on any atom is -0.316 e. The van der Waals surface area contributed by atoms with E-state index >= 15 is 0 Å². The molecule has 0 spiro atoms. The Morgan fingerprint density at radius 3 is 3.00 bits per heavy atom. The second-order valence-electron chi connectivity index (χ2n) is 5.64. The van der Waals surface area contributed by atoms with E-state index < -0.39 is 0 Å². The van der Waals surface area contributed by atoms with Gasteiger partial charge in [0.05, 0.1) is 0 Å². The van der Waals surface area contributed by atoms with Crippen LogP contribution >= 0.6 is 11.3 Å². The second-order valence-corrected chi connectivity index (χ2v) is 6.68. The van der Waals surface area contributed by atoms with E-state index in [2.05, 4.69) is 41.6 Å². The molecule has 0 bridgehead atoms. The van der Waals surface area contributed by atoms with E-state index in [1.54, 1.807) is 0 Å². The summed E-state index contributed by atoms with van der Waals surface area (Å²) in [7, 11) is 0. The highest BCUT2D eigenvalue weighted by Crippen LogP contribution is 2.17. The predicted octanol–water partition coefficient (Wildman–Crippen LogP) is 3.35. The molecule has 0 radical (unpaired) electrons. The van der Waals surface area contributed by atoms with Gasteiger partial charge in [-0.25, -0.2) is 0 Å². The molecule has 1 aliphatic rings. The number of thiophene rings is 1. The van der Waals surface area contributed by atoms with Crippen molar-refractivity contribution in [2.45, 2.75) is 45.7 Å². The van der Waals surface area contributed by atoms with E-state index in [0.717, 1.165) is 12.5 Å². The third kappa shape index (κ3) is 4.38. The van der Waals surface area contributed by atoms with Gasteiger partial charge >= 0.3 is 0 Å². The molecule has 0 saturated carbocycles. The molecule has 102 valence electrons. The first-order chi connectivity index (χ1) is 8.75. The predicted molar refractivity (Wildman–Crippen MR) is 80.1 cm³/mol. The highest BCUT2D eigenvalue weighted by molar-refractivity contribution is 7.09. The van der Waals surface area contributed by atoms with E-state index in [1.165, 1.54) is 43.8 Å². The molecule has 1 saturated heterocycles. The highest BCUT2D eigenvalue weighted by atomic mass is 32.1. The maximum absolute atomic E-state index is 3.46. The quantitative estimate of drug-likeness (QED) is 0.814. The number of hydrogen-bond acceptors (Lipinski definition) is 3. The summed E-state index contributed by atoms with van der Waals surface area (Å²) in [4.78, 5) is 4.10. The van der Waals surface area contributed by atoms with Crippen LogP contribution in [0.3, 0.4) is 0 Å². The summed E-state index contributed by atoms with van der Waals surface area (Å²) in [6, 6.07) is 5.05. The molecule has 2 rings (SSSR count). The molecule has 1 aromatic heterocycles. The minimum absolute atomic E-state index is 0.647. The molecule has 1 atom stereocenters. The van der Waals surface area contributed by atoms with Crippen molar-refractivity contribution < 1.29 is 0 Å². The summed E-state index contributed by atoms with van der Waals surface area (Å²) in [5, 5.41) is 5.64. The van der Waals surface area contributed by atoms with Crippen LogP contribution in [0.2, 0.25) is 0 Å². The average molecular weight is 266 g/mol. The molecule has 0 amide bonds. The highest BCUT2D eigenvalue weighted by Gasteiger charge is 2.15. The van der Waals surface area contributed by atoms with Gasteiger partial charge in [0.15, 0.2) is 0 Å². The Balaban J connectivity index is 1.72. The molecule has 1 aliphatic heterocycles. The first-order valence-corrected chi connectivity index (χ1v) is 8.11. The van der Waals surface area contributed by atoms with Gasteiger partial charge in [0.2, 0.25) is 0 Å². The van der Waals surface area contributed by atoms with Gasteiger partial charge in [-0.05, 0) is 70.1 Å². The number of hydrogen-bond donors (Lipinski definition) is 1. The number of nitrogens with one attached hydrogen (secondary N) is 1. The van der Waals surface area contributed by atoms with Crippen molar-refractivity contribution >= 4 is 11.3 Å². The van der Waals surface area contributed by atoms with Crippen LogP contribution in [0.1, 0.15) is 38.0 Å². The molecule has 1 N–H and O–H groups in total. The monoisotopic (exact) mass is 266 g/mol. The molecule has 3 heteroatoms. The van der Waals surface area contributed by atoms with Gasteiger partial charge in [-0.15, -0.1) is 11.3 Å². The Morgan fingerprint density at radius 2 is 2.39 bits per heavy atom. The van der Waals surface area contributed by atoms with Crippen LogP contribution in [-0.4, -0.2) is 30.6 Å². The van der Waals surface area contributed by atoms with Gasteiger partial charge in [-0.2, -0.15) is 0 Å². The van der Waals surface area contributed by atoms with Crippen LogP contribution in [0.5, 0.6) is 0 Å². The summed E-state index contributed by atoms with van der Waals surface area (Å²) in [6.45, 7) is 9.46. The van der Waals surface area contributed by atoms with Gasteiger partial charge in [-0.3, -0.25) is 4.90 Å². The summed E-state index contributed by atoms with van der Waals surface area (Å²) in [5.74, 6) is 0.931. The van der Waals surface area contributed by atoms with Gasteiger partial charge < -0.3 is 5.32 Å². The maximum Gasteiger partial charge on any atom is 0.0330 e. The Labute approximate surface area is 115 Å². The van der Waals surface area contributed by atoms with Crippen molar-refractivity contribution in [2.24, 2.45) is 5.92 Å². The Kier molecular flexibility index (Phi) is 5.67. The lowest BCUT2D eigenvalue weighted by molar-refractivity contribution is 0.206. The summed E-state index contributed by atoms with van der Waals surface area (Å²) in [5.41, 5.74) is 0. The minimum atomic E-state index is 0.647. The topological polar surface area (TPSA) is 15.3 Å². The van der Waals surface area contributed by atoms with E-state index in [1.807, 2.05) is 11.3 Å². The van der Waals surface area contributed by atoms with E-state index in [-0.39, 0.29) is 0 Å². The number of rotatable bonds is 7.